The van der Waals surface area contributed by atoms with Gasteiger partial charge in [0.25, 0.3) is 0 Å². The van der Waals surface area contributed by atoms with Gasteiger partial charge < -0.3 is 10.0 Å². The molecule has 1 unspecified atom stereocenters. The smallest absolute Gasteiger partial charge is 0.0975 e. The van der Waals surface area contributed by atoms with E-state index in [2.05, 4.69) is 16.9 Å². The van der Waals surface area contributed by atoms with E-state index in [9.17, 15) is 5.11 Å². The first-order chi connectivity index (χ1) is 7.88. The number of rotatable bonds is 2. The minimum atomic E-state index is -0.763. The second-order valence-corrected chi connectivity index (χ2v) is 6.66. The Morgan fingerprint density at radius 1 is 1.47 bits per heavy atom. The van der Waals surface area contributed by atoms with Crippen molar-refractivity contribution in [3.63, 3.8) is 0 Å². The molecule has 0 spiro atoms. The molecule has 0 saturated carbocycles. The van der Waals surface area contributed by atoms with Gasteiger partial charge in [-0.05, 0) is 47.2 Å². The number of aromatic nitrogens is 1. The van der Waals surface area contributed by atoms with Crippen LogP contribution >= 0.6 is 11.3 Å². The highest BCUT2D eigenvalue weighted by Crippen LogP contribution is 2.35. The van der Waals surface area contributed by atoms with Gasteiger partial charge >= 0.3 is 0 Å². The van der Waals surface area contributed by atoms with Crippen LogP contribution in [0.3, 0.4) is 0 Å². The number of likely N-dealkylation sites (N-methyl/N-ethyl adjacent to an activating group) is 1. The number of hydrogen-bond donors (Lipinski definition) is 1. The van der Waals surface area contributed by atoms with Gasteiger partial charge in [0.1, 0.15) is 0 Å². The van der Waals surface area contributed by atoms with Crippen molar-refractivity contribution in [2.75, 3.05) is 20.1 Å². The fraction of sp³-hybridized carbons (Fsp3) is 0.769. The summed E-state index contributed by atoms with van der Waals surface area (Å²) in [6, 6.07) is 0. The number of thiazole rings is 1. The van der Waals surface area contributed by atoms with Gasteiger partial charge in [0.05, 0.1) is 21.2 Å². The highest BCUT2D eigenvalue weighted by Gasteiger charge is 2.27. The predicted octanol–water partition coefficient (Wildman–Crippen LogP) is 2.49. The molecule has 17 heavy (non-hydrogen) atoms. The summed E-state index contributed by atoms with van der Waals surface area (Å²) in [5.41, 5.74) is 0.228. The molecule has 3 nitrogen and oxygen atoms in total. The summed E-state index contributed by atoms with van der Waals surface area (Å²) in [6.07, 6.45) is 2.47. The molecule has 0 radical (unpaired) electrons. The zero-order valence-electron chi connectivity index (χ0n) is 11.2. The van der Waals surface area contributed by atoms with Gasteiger partial charge in [0, 0.05) is 12.5 Å². The molecule has 2 rings (SSSR count). The first-order valence-corrected chi connectivity index (χ1v) is 7.08. The van der Waals surface area contributed by atoms with Crippen LogP contribution in [0, 0.1) is 6.92 Å². The van der Waals surface area contributed by atoms with Crippen LogP contribution in [0.1, 0.15) is 48.2 Å². The normalized spacial score (nSPS) is 23.0. The Hall–Kier alpha value is -0.450. The maximum absolute atomic E-state index is 10.1. The van der Waals surface area contributed by atoms with Crippen molar-refractivity contribution >= 4 is 11.3 Å². The second kappa shape index (κ2) is 4.67. The Kier molecular flexibility index (Phi) is 3.57. The SMILES string of the molecule is Cc1nc(C2CCCN(C)C2)sc1C(C)(C)O. The molecule has 1 saturated heterocycles. The first kappa shape index (κ1) is 13.0. The highest BCUT2D eigenvalue weighted by atomic mass is 32.1. The number of likely N-dealkylation sites (tertiary alicyclic amines) is 1. The molecule has 0 bridgehead atoms. The van der Waals surface area contributed by atoms with E-state index in [1.54, 1.807) is 11.3 Å². The zero-order chi connectivity index (χ0) is 12.6. The number of piperidine rings is 1. The van der Waals surface area contributed by atoms with E-state index in [0.717, 1.165) is 17.1 Å². The van der Waals surface area contributed by atoms with Crippen LogP contribution in [0.4, 0.5) is 0 Å². The third-order valence-electron chi connectivity index (χ3n) is 3.34. The van der Waals surface area contributed by atoms with Gasteiger partial charge in [-0.15, -0.1) is 11.3 Å². The Balaban J connectivity index is 2.22. The molecule has 0 aliphatic carbocycles. The van der Waals surface area contributed by atoms with Crippen molar-refractivity contribution in [1.29, 1.82) is 0 Å². The lowest BCUT2D eigenvalue weighted by atomic mass is 9.99. The summed E-state index contributed by atoms with van der Waals surface area (Å²) in [5.74, 6) is 0.550. The van der Waals surface area contributed by atoms with E-state index < -0.39 is 5.60 Å². The molecule has 0 aromatic carbocycles. The average Bonchev–Trinajstić information content (AvgIpc) is 2.60. The molecule has 1 aliphatic rings. The summed E-state index contributed by atoms with van der Waals surface area (Å²) in [5, 5.41) is 11.3. The van der Waals surface area contributed by atoms with Gasteiger partial charge in [0.2, 0.25) is 0 Å². The van der Waals surface area contributed by atoms with Crippen LogP contribution in [-0.2, 0) is 5.60 Å². The number of aliphatic hydroxyl groups is 1. The lowest BCUT2D eigenvalue weighted by Crippen LogP contribution is -2.30. The molecular formula is C13H22N2OS. The lowest BCUT2D eigenvalue weighted by molar-refractivity contribution is 0.0817. The van der Waals surface area contributed by atoms with Crippen molar-refractivity contribution in [2.45, 2.75) is 45.1 Å². The summed E-state index contributed by atoms with van der Waals surface area (Å²) in [4.78, 5) is 8.05. The first-order valence-electron chi connectivity index (χ1n) is 6.26. The van der Waals surface area contributed by atoms with E-state index in [1.165, 1.54) is 24.4 Å². The Bertz CT molecular complexity index is 395. The lowest BCUT2D eigenvalue weighted by Gasteiger charge is -2.28. The monoisotopic (exact) mass is 254 g/mol. The van der Waals surface area contributed by atoms with Crippen LogP contribution in [0.5, 0.6) is 0 Å². The van der Waals surface area contributed by atoms with E-state index in [-0.39, 0.29) is 0 Å². The van der Waals surface area contributed by atoms with Crippen molar-refractivity contribution < 1.29 is 5.11 Å². The maximum atomic E-state index is 10.1. The van der Waals surface area contributed by atoms with Crippen LogP contribution in [0.15, 0.2) is 0 Å². The van der Waals surface area contributed by atoms with Crippen LogP contribution < -0.4 is 0 Å². The molecule has 2 heterocycles. The van der Waals surface area contributed by atoms with Crippen molar-refractivity contribution in [3.8, 4) is 0 Å². The summed E-state index contributed by atoms with van der Waals surface area (Å²) >= 11 is 1.69. The minimum Gasteiger partial charge on any atom is -0.385 e. The highest BCUT2D eigenvalue weighted by molar-refractivity contribution is 7.12. The Labute approximate surface area is 107 Å². The molecule has 96 valence electrons. The molecule has 0 amide bonds. The van der Waals surface area contributed by atoms with E-state index in [0.29, 0.717) is 5.92 Å². The molecule has 1 aliphatic heterocycles. The third-order valence-corrected chi connectivity index (χ3v) is 4.98. The molecule has 1 aromatic heterocycles. The fourth-order valence-corrected chi connectivity index (χ4v) is 3.72. The topological polar surface area (TPSA) is 36.4 Å². The number of aryl methyl sites for hydroxylation is 1. The van der Waals surface area contributed by atoms with Gasteiger partial charge in [-0.1, -0.05) is 0 Å². The van der Waals surface area contributed by atoms with Crippen LogP contribution in [-0.4, -0.2) is 35.1 Å². The standard InChI is InChI=1S/C13H22N2OS/c1-9-11(13(2,3)16)17-12(14-9)10-6-5-7-15(4)8-10/h10,16H,5-8H2,1-4H3. The van der Waals surface area contributed by atoms with Gasteiger partial charge in [0.15, 0.2) is 0 Å². The van der Waals surface area contributed by atoms with E-state index in [1.807, 2.05) is 20.8 Å². The summed E-state index contributed by atoms with van der Waals surface area (Å²) in [7, 11) is 2.17. The maximum Gasteiger partial charge on any atom is 0.0975 e. The largest absolute Gasteiger partial charge is 0.385 e. The summed E-state index contributed by atoms with van der Waals surface area (Å²) < 4.78 is 0. The van der Waals surface area contributed by atoms with Crippen molar-refractivity contribution in [1.82, 2.24) is 9.88 Å². The average molecular weight is 254 g/mol. The van der Waals surface area contributed by atoms with Crippen molar-refractivity contribution in [3.05, 3.63) is 15.6 Å². The van der Waals surface area contributed by atoms with Crippen LogP contribution in [0.25, 0.3) is 0 Å². The summed E-state index contributed by atoms with van der Waals surface area (Å²) in [6.45, 7) is 7.96. The molecule has 4 heteroatoms. The Morgan fingerprint density at radius 2 is 2.18 bits per heavy atom. The molecule has 1 aromatic rings. The number of hydrogen-bond acceptors (Lipinski definition) is 4. The van der Waals surface area contributed by atoms with E-state index >= 15 is 0 Å². The number of nitrogens with zero attached hydrogens (tertiary/aromatic N) is 2. The Morgan fingerprint density at radius 3 is 2.71 bits per heavy atom. The zero-order valence-corrected chi connectivity index (χ0v) is 12.0. The fourth-order valence-electron chi connectivity index (χ4n) is 2.53. The quantitative estimate of drug-likeness (QED) is 0.881. The predicted molar refractivity (Wildman–Crippen MR) is 71.6 cm³/mol. The molecular weight excluding hydrogens is 232 g/mol. The third kappa shape index (κ3) is 2.87. The molecule has 1 N–H and O–H groups in total. The minimum absolute atomic E-state index is 0.550. The van der Waals surface area contributed by atoms with E-state index in [4.69, 9.17) is 0 Å². The van der Waals surface area contributed by atoms with Gasteiger partial charge in [-0.3, -0.25) is 0 Å². The van der Waals surface area contributed by atoms with Gasteiger partial charge in [-0.25, -0.2) is 4.98 Å². The van der Waals surface area contributed by atoms with Crippen LogP contribution in [0.2, 0.25) is 0 Å². The second-order valence-electron chi connectivity index (χ2n) is 5.63. The van der Waals surface area contributed by atoms with Crippen molar-refractivity contribution in [2.24, 2.45) is 0 Å². The molecule has 1 fully saturated rings. The molecule has 1 atom stereocenters. The van der Waals surface area contributed by atoms with Gasteiger partial charge in [-0.2, -0.15) is 0 Å².